The van der Waals surface area contributed by atoms with Crippen LogP contribution in [0.1, 0.15) is 5.69 Å². The van der Waals surface area contributed by atoms with Gasteiger partial charge in [0.25, 0.3) is 0 Å². The number of nitrogens with two attached hydrogens (primary N) is 1. The first kappa shape index (κ1) is 17.9. The van der Waals surface area contributed by atoms with Crippen LogP contribution in [0.5, 0.6) is 11.5 Å². The van der Waals surface area contributed by atoms with Crippen LogP contribution in [0.25, 0.3) is 22.0 Å². The van der Waals surface area contributed by atoms with E-state index in [-0.39, 0.29) is 6.10 Å². The number of aryl methyl sites for hydroxylation is 1. The maximum Gasteiger partial charge on any atom is 0.145 e. The van der Waals surface area contributed by atoms with Gasteiger partial charge < -0.3 is 15.2 Å². The van der Waals surface area contributed by atoms with Crippen molar-refractivity contribution in [3.8, 4) is 22.6 Å². The number of fused-ring (bicyclic) bond motifs is 1. The predicted octanol–water partition coefficient (Wildman–Crippen LogP) is 3.11. The fourth-order valence-electron chi connectivity index (χ4n) is 2.93. The van der Waals surface area contributed by atoms with Crippen LogP contribution >= 0.6 is 0 Å². The molecule has 28 heavy (non-hydrogen) atoms. The molecular formula is C21H21N5O2. The zero-order chi connectivity index (χ0) is 19.3. The summed E-state index contributed by atoms with van der Waals surface area (Å²) in [6.07, 6.45) is 6.57. The number of ether oxygens (including phenoxy) is 2. The maximum atomic E-state index is 6.00. The van der Waals surface area contributed by atoms with Crippen LogP contribution in [0, 0.1) is 6.92 Å². The summed E-state index contributed by atoms with van der Waals surface area (Å²) in [7, 11) is 0. The Labute approximate surface area is 162 Å². The minimum absolute atomic E-state index is 0.288. The molecule has 1 aromatic carbocycles. The molecule has 0 amide bonds. The lowest BCUT2D eigenvalue weighted by molar-refractivity contribution is 0.134. The van der Waals surface area contributed by atoms with Gasteiger partial charge in [-0.25, -0.2) is 0 Å². The van der Waals surface area contributed by atoms with Gasteiger partial charge in [0.2, 0.25) is 0 Å². The van der Waals surface area contributed by atoms with Crippen LogP contribution in [-0.4, -0.2) is 39.4 Å². The van der Waals surface area contributed by atoms with Gasteiger partial charge in [-0.05, 0) is 42.8 Å². The van der Waals surface area contributed by atoms with Gasteiger partial charge in [0.05, 0.1) is 11.7 Å². The van der Waals surface area contributed by atoms with E-state index in [1.54, 1.807) is 30.7 Å². The van der Waals surface area contributed by atoms with Crippen molar-refractivity contribution in [3.05, 3.63) is 66.9 Å². The Morgan fingerprint density at radius 3 is 2.68 bits per heavy atom. The van der Waals surface area contributed by atoms with Crippen molar-refractivity contribution < 1.29 is 9.47 Å². The van der Waals surface area contributed by atoms with Crippen molar-refractivity contribution in [2.45, 2.75) is 13.0 Å². The molecule has 1 unspecified atom stereocenters. The number of benzene rings is 1. The number of nitrogens with zero attached hydrogens (tertiary/aromatic N) is 3. The molecule has 0 fully saturated rings. The Morgan fingerprint density at radius 1 is 1.00 bits per heavy atom. The molecule has 3 heterocycles. The van der Waals surface area contributed by atoms with Gasteiger partial charge in [0.15, 0.2) is 0 Å². The molecule has 0 radical (unpaired) electrons. The van der Waals surface area contributed by atoms with E-state index >= 15 is 0 Å². The Hall–Kier alpha value is -3.45. The molecule has 0 aliphatic carbocycles. The second-order valence-electron chi connectivity index (χ2n) is 6.46. The topological polar surface area (TPSA) is 98.9 Å². The Bertz CT molecular complexity index is 1060. The molecule has 142 valence electrons. The molecule has 4 rings (SSSR count). The lowest BCUT2D eigenvalue weighted by Crippen LogP contribution is -2.32. The fourth-order valence-corrected chi connectivity index (χ4v) is 2.93. The highest BCUT2D eigenvalue weighted by Crippen LogP contribution is 2.27. The third-order valence-corrected chi connectivity index (χ3v) is 4.44. The van der Waals surface area contributed by atoms with Crippen molar-refractivity contribution in [2.24, 2.45) is 5.73 Å². The average Bonchev–Trinajstić information content (AvgIpc) is 3.12. The second-order valence-corrected chi connectivity index (χ2v) is 6.46. The fraction of sp³-hybridized carbons (Fsp3) is 0.190. The van der Waals surface area contributed by atoms with Crippen molar-refractivity contribution in [2.75, 3.05) is 13.2 Å². The zero-order valence-corrected chi connectivity index (χ0v) is 15.5. The van der Waals surface area contributed by atoms with Crippen molar-refractivity contribution >= 4 is 10.9 Å². The standard InChI is InChI=1S/C21H21N5O2/c1-14-20-9-15(2-3-21(20)26-25-14)16-8-18(12-24-11-16)28-19(10-22)13-27-17-4-6-23-7-5-17/h2-9,11-12,19H,10,13,22H2,1H3,(H,25,26). The first-order valence-corrected chi connectivity index (χ1v) is 9.02. The van der Waals surface area contributed by atoms with Crippen molar-refractivity contribution in [3.63, 3.8) is 0 Å². The number of H-pyrrole nitrogens is 1. The van der Waals surface area contributed by atoms with E-state index in [1.165, 1.54) is 0 Å². The van der Waals surface area contributed by atoms with Gasteiger partial charge in [-0.1, -0.05) is 6.07 Å². The first-order chi connectivity index (χ1) is 13.7. The number of aromatic amines is 1. The van der Waals surface area contributed by atoms with Gasteiger partial charge in [-0.2, -0.15) is 5.10 Å². The van der Waals surface area contributed by atoms with E-state index in [4.69, 9.17) is 15.2 Å². The van der Waals surface area contributed by atoms with Crippen LogP contribution in [0.3, 0.4) is 0 Å². The van der Waals surface area contributed by atoms with E-state index < -0.39 is 0 Å². The molecule has 1 atom stereocenters. The summed E-state index contributed by atoms with van der Waals surface area (Å²) in [6.45, 7) is 2.67. The molecule has 3 N–H and O–H groups in total. The molecule has 3 aromatic heterocycles. The van der Waals surface area contributed by atoms with Crippen LogP contribution in [0.4, 0.5) is 0 Å². The van der Waals surface area contributed by atoms with E-state index in [2.05, 4.69) is 26.2 Å². The maximum absolute atomic E-state index is 6.00. The molecule has 0 aliphatic heterocycles. The second kappa shape index (κ2) is 8.06. The van der Waals surface area contributed by atoms with E-state index in [9.17, 15) is 0 Å². The van der Waals surface area contributed by atoms with Gasteiger partial charge >= 0.3 is 0 Å². The van der Waals surface area contributed by atoms with Crippen molar-refractivity contribution in [1.82, 2.24) is 20.2 Å². The minimum atomic E-state index is -0.288. The average molecular weight is 375 g/mol. The van der Waals surface area contributed by atoms with Crippen LogP contribution in [0.15, 0.2) is 61.2 Å². The molecule has 4 aromatic rings. The summed E-state index contributed by atoms with van der Waals surface area (Å²) in [5.74, 6) is 1.38. The highest BCUT2D eigenvalue weighted by Gasteiger charge is 2.12. The first-order valence-electron chi connectivity index (χ1n) is 9.02. The van der Waals surface area contributed by atoms with Gasteiger partial charge in [0, 0.05) is 41.8 Å². The van der Waals surface area contributed by atoms with E-state index in [0.717, 1.165) is 33.5 Å². The summed E-state index contributed by atoms with van der Waals surface area (Å²) in [4.78, 5) is 8.29. The number of rotatable bonds is 7. The molecule has 7 heteroatoms. The Morgan fingerprint density at radius 2 is 1.86 bits per heavy atom. The third kappa shape index (κ3) is 3.94. The minimum Gasteiger partial charge on any atom is -0.490 e. The van der Waals surface area contributed by atoms with E-state index in [1.807, 2.05) is 31.3 Å². The lowest BCUT2D eigenvalue weighted by Gasteiger charge is -2.18. The summed E-state index contributed by atoms with van der Waals surface area (Å²) in [5.41, 5.74) is 9.84. The third-order valence-electron chi connectivity index (χ3n) is 4.44. The molecular weight excluding hydrogens is 354 g/mol. The number of hydrogen-bond donors (Lipinski definition) is 2. The molecule has 0 spiro atoms. The van der Waals surface area contributed by atoms with Crippen molar-refractivity contribution in [1.29, 1.82) is 0 Å². The highest BCUT2D eigenvalue weighted by molar-refractivity contribution is 5.86. The molecule has 0 bridgehead atoms. The summed E-state index contributed by atoms with van der Waals surface area (Å²) >= 11 is 0. The molecule has 0 saturated heterocycles. The molecule has 0 saturated carbocycles. The van der Waals surface area contributed by atoms with Crippen LogP contribution in [-0.2, 0) is 0 Å². The summed E-state index contributed by atoms with van der Waals surface area (Å²) in [5, 5.41) is 8.37. The number of pyridine rings is 2. The summed E-state index contributed by atoms with van der Waals surface area (Å²) < 4.78 is 11.7. The number of hydrogen-bond acceptors (Lipinski definition) is 6. The number of nitrogens with one attached hydrogen (secondary N) is 1. The normalized spacial score (nSPS) is 12.1. The van der Waals surface area contributed by atoms with E-state index in [0.29, 0.717) is 18.9 Å². The quantitative estimate of drug-likeness (QED) is 0.515. The van der Waals surface area contributed by atoms with Gasteiger partial charge in [-0.3, -0.25) is 15.1 Å². The number of aromatic nitrogens is 4. The monoisotopic (exact) mass is 375 g/mol. The van der Waals surface area contributed by atoms with Crippen LogP contribution in [0.2, 0.25) is 0 Å². The SMILES string of the molecule is Cc1[nH]nc2ccc(-c3cncc(OC(CN)COc4ccncc4)c3)cc12. The molecule has 7 nitrogen and oxygen atoms in total. The smallest absolute Gasteiger partial charge is 0.145 e. The van der Waals surface area contributed by atoms with Crippen LogP contribution < -0.4 is 15.2 Å². The van der Waals surface area contributed by atoms with Gasteiger partial charge in [0.1, 0.15) is 24.2 Å². The largest absolute Gasteiger partial charge is 0.490 e. The highest BCUT2D eigenvalue weighted by atomic mass is 16.5. The Kier molecular flexibility index (Phi) is 5.16. The van der Waals surface area contributed by atoms with Gasteiger partial charge in [-0.15, -0.1) is 0 Å². The Balaban J connectivity index is 1.49. The summed E-state index contributed by atoms with van der Waals surface area (Å²) in [6, 6.07) is 11.7. The zero-order valence-electron chi connectivity index (χ0n) is 15.5. The predicted molar refractivity (Wildman–Crippen MR) is 107 cm³/mol. The molecule has 0 aliphatic rings. The lowest BCUT2D eigenvalue weighted by atomic mass is 10.0.